The van der Waals surface area contributed by atoms with Gasteiger partial charge >= 0.3 is 19.8 Å². The van der Waals surface area contributed by atoms with Crippen molar-refractivity contribution in [2.24, 2.45) is 5.73 Å². The van der Waals surface area contributed by atoms with Crippen molar-refractivity contribution in [2.75, 3.05) is 26.4 Å². The molecule has 0 saturated heterocycles. The highest BCUT2D eigenvalue weighted by atomic mass is 31.2. The second-order valence-corrected chi connectivity index (χ2v) is 15.2. The average molecular weight is 806 g/mol. The lowest BCUT2D eigenvalue weighted by Crippen LogP contribution is -2.29. The van der Waals surface area contributed by atoms with Gasteiger partial charge in [0.25, 0.3) is 0 Å². The Balaban J connectivity index is 4.39. The first kappa shape index (κ1) is 53.1. The Hall–Kier alpha value is -2.85. The minimum Gasteiger partial charge on any atom is -0.462 e. The molecule has 0 bridgehead atoms. The van der Waals surface area contributed by atoms with E-state index in [4.69, 9.17) is 24.3 Å². The normalized spacial score (nSPS) is 14.7. The maximum Gasteiger partial charge on any atom is 0.472 e. The number of nitrogens with two attached hydrogens (primary N) is 1. The molecule has 0 saturated carbocycles. The molecule has 0 spiro atoms. The van der Waals surface area contributed by atoms with Crippen LogP contribution in [0.5, 0.6) is 0 Å². The Bertz CT molecular complexity index is 1210. The van der Waals surface area contributed by atoms with Crippen LogP contribution in [-0.4, -0.2) is 60.5 Å². The van der Waals surface area contributed by atoms with Gasteiger partial charge in [-0.05, 0) is 83.5 Å². The maximum atomic E-state index is 12.6. The third kappa shape index (κ3) is 39.4. The number of hydrogen-bond acceptors (Lipinski definition) is 9. The standard InChI is InChI=1S/C45H76NO9P/c1-3-5-7-9-11-12-13-14-15-16-17-18-19-20-24-28-32-36-44(48)52-40-43(41-54-56(50,51)53-39-38-46)55-45(49)37-33-29-25-21-23-27-31-35-42(47)34-30-26-22-10-8-6-4-2/h11-12,14-15,17-18,21-22,25-27,30-31,34,42-43,47H,3-10,13,16,19-20,23-24,28-29,32-33,35-41,46H2,1-2H3,(H,50,51)/b12-11-,15-14-,18-17-,25-21+,26-22-,31-27-,34-30-/t42-,43+/m0/s1. The number of phosphoric ester groups is 1. The predicted octanol–water partition coefficient (Wildman–Crippen LogP) is 11.0. The van der Waals surface area contributed by atoms with Crippen molar-refractivity contribution in [3.63, 3.8) is 0 Å². The molecule has 320 valence electrons. The molecule has 4 N–H and O–H groups in total. The van der Waals surface area contributed by atoms with E-state index in [-0.39, 0.29) is 32.6 Å². The van der Waals surface area contributed by atoms with E-state index < -0.39 is 38.6 Å². The van der Waals surface area contributed by atoms with Gasteiger partial charge in [-0.2, -0.15) is 0 Å². The Morgan fingerprint density at radius 3 is 1.79 bits per heavy atom. The number of aliphatic hydroxyl groups is 1. The lowest BCUT2D eigenvalue weighted by Gasteiger charge is -2.19. The summed E-state index contributed by atoms with van der Waals surface area (Å²) in [5.74, 6) is -0.970. The van der Waals surface area contributed by atoms with Gasteiger partial charge in [-0.1, -0.05) is 137 Å². The summed E-state index contributed by atoms with van der Waals surface area (Å²) in [7, 11) is -4.42. The molecule has 0 rings (SSSR count). The lowest BCUT2D eigenvalue weighted by molar-refractivity contribution is -0.161. The summed E-state index contributed by atoms with van der Waals surface area (Å²) in [5, 5.41) is 10.1. The van der Waals surface area contributed by atoms with Crippen LogP contribution >= 0.6 is 7.82 Å². The molecule has 0 aliphatic heterocycles. The highest BCUT2D eigenvalue weighted by Gasteiger charge is 2.25. The monoisotopic (exact) mass is 806 g/mol. The maximum absolute atomic E-state index is 12.6. The molecule has 0 radical (unpaired) electrons. The van der Waals surface area contributed by atoms with E-state index in [9.17, 15) is 24.2 Å². The second-order valence-electron chi connectivity index (χ2n) is 13.7. The predicted molar refractivity (Wildman–Crippen MR) is 230 cm³/mol. The fourth-order valence-electron chi connectivity index (χ4n) is 5.12. The van der Waals surface area contributed by atoms with Crippen LogP contribution < -0.4 is 5.73 Å². The summed E-state index contributed by atoms with van der Waals surface area (Å²) in [6.45, 7) is 3.46. The number of allylic oxidation sites excluding steroid dienone is 12. The van der Waals surface area contributed by atoms with E-state index in [0.717, 1.165) is 44.9 Å². The SMILES string of the molecule is CCCCC/C=C\C=C/[C@H](O)C/C=C\C/C=C/CCCC(=O)O[C@H](COC(=O)CCCCCC/C=C\C/C=C\C/C=C\CCCCC)COP(=O)(O)OCCN. The van der Waals surface area contributed by atoms with Crippen LogP contribution in [-0.2, 0) is 32.7 Å². The van der Waals surface area contributed by atoms with Crippen LogP contribution in [0.2, 0.25) is 0 Å². The van der Waals surface area contributed by atoms with E-state index in [2.05, 4.69) is 56.4 Å². The van der Waals surface area contributed by atoms with E-state index in [0.29, 0.717) is 32.1 Å². The Morgan fingerprint density at radius 1 is 0.625 bits per heavy atom. The Labute approximate surface area is 339 Å². The topological polar surface area (TPSA) is 155 Å². The van der Waals surface area contributed by atoms with Gasteiger partial charge in [0.05, 0.1) is 19.3 Å². The number of rotatable bonds is 38. The minimum absolute atomic E-state index is 0.0264. The molecule has 56 heavy (non-hydrogen) atoms. The minimum atomic E-state index is -4.42. The molecule has 3 atom stereocenters. The molecule has 1 unspecified atom stereocenters. The van der Waals surface area contributed by atoms with Crippen LogP contribution in [0.3, 0.4) is 0 Å². The number of carbonyl (C=O) groups is 2. The molecule has 0 aromatic carbocycles. The number of phosphoric acid groups is 1. The summed E-state index contributed by atoms with van der Waals surface area (Å²) in [6, 6.07) is 0. The number of unbranched alkanes of at least 4 members (excludes halogenated alkanes) is 11. The largest absolute Gasteiger partial charge is 0.472 e. The van der Waals surface area contributed by atoms with Crippen molar-refractivity contribution in [1.82, 2.24) is 0 Å². The first-order valence-electron chi connectivity index (χ1n) is 21.2. The van der Waals surface area contributed by atoms with Gasteiger partial charge in [0.15, 0.2) is 6.10 Å². The fourth-order valence-corrected chi connectivity index (χ4v) is 5.89. The molecule has 11 heteroatoms. The zero-order chi connectivity index (χ0) is 41.2. The van der Waals surface area contributed by atoms with Crippen LogP contribution in [0.25, 0.3) is 0 Å². The first-order chi connectivity index (χ1) is 27.2. The molecule has 0 heterocycles. The molecule has 0 aromatic heterocycles. The summed E-state index contributed by atoms with van der Waals surface area (Å²) in [5.41, 5.74) is 5.33. The summed E-state index contributed by atoms with van der Waals surface area (Å²) in [4.78, 5) is 34.8. The molecule has 0 amide bonds. The van der Waals surface area contributed by atoms with Gasteiger partial charge < -0.3 is 25.2 Å². The van der Waals surface area contributed by atoms with Crippen molar-refractivity contribution < 1.29 is 42.7 Å². The van der Waals surface area contributed by atoms with Gasteiger partial charge in [-0.3, -0.25) is 18.6 Å². The molecule has 0 aliphatic rings. The van der Waals surface area contributed by atoms with Crippen LogP contribution in [0.1, 0.15) is 149 Å². The highest BCUT2D eigenvalue weighted by molar-refractivity contribution is 7.47. The number of esters is 2. The first-order valence-corrected chi connectivity index (χ1v) is 22.7. The number of aliphatic hydroxyl groups excluding tert-OH is 1. The fraction of sp³-hybridized carbons (Fsp3) is 0.644. The summed E-state index contributed by atoms with van der Waals surface area (Å²) >= 11 is 0. The Kier molecular flexibility index (Phi) is 38.3. The molecule has 0 aromatic rings. The van der Waals surface area contributed by atoms with Crippen LogP contribution in [0, 0.1) is 0 Å². The zero-order valence-corrected chi connectivity index (χ0v) is 35.6. The summed E-state index contributed by atoms with van der Waals surface area (Å²) < 4.78 is 32.6. The second kappa shape index (κ2) is 40.4. The van der Waals surface area contributed by atoms with Crippen molar-refractivity contribution in [3.8, 4) is 0 Å². The number of hydrogen-bond donors (Lipinski definition) is 3. The van der Waals surface area contributed by atoms with Gasteiger partial charge in [0.2, 0.25) is 0 Å². The number of carbonyl (C=O) groups excluding carboxylic acids is 2. The lowest BCUT2D eigenvalue weighted by atomic mass is 10.1. The molecule has 10 nitrogen and oxygen atoms in total. The molecular weight excluding hydrogens is 729 g/mol. The van der Waals surface area contributed by atoms with Gasteiger partial charge in [0.1, 0.15) is 6.61 Å². The third-order valence-electron chi connectivity index (χ3n) is 8.33. The van der Waals surface area contributed by atoms with Crippen LogP contribution in [0.15, 0.2) is 85.1 Å². The highest BCUT2D eigenvalue weighted by Crippen LogP contribution is 2.43. The quantitative estimate of drug-likeness (QED) is 0.0180. The van der Waals surface area contributed by atoms with E-state index in [1.54, 1.807) is 6.08 Å². The zero-order valence-electron chi connectivity index (χ0n) is 34.7. The molecular formula is C45H76NO9P. The van der Waals surface area contributed by atoms with Gasteiger partial charge in [-0.25, -0.2) is 4.57 Å². The van der Waals surface area contributed by atoms with Gasteiger partial charge in [-0.15, -0.1) is 0 Å². The molecule has 0 fully saturated rings. The van der Waals surface area contributed by atoms with E-state index in [1.165, 1.54) is 44.9 Å². The van der Waals surface area contributed by atoms with Gasteiger partial charge in [0, 0.05) is 19.4 Å². The van der Waals surface area contributed by atoms with E-state index >= 15 is 0 Å². The summed E-state index contributed by atoms with van der Waals surface area (Å²) in [6.07, 6.45) is 46.4. The third-order valence-corrected chi connectivity index (χ3v) is 9.32. The van der Waals surface area contributed by atoms with E-state index in [1.807, 2.05) is 36.5 Å². The van der Waals surface area contributed by atoms with Crippen LogP contribution in [0.4, 0.5) is 0 Å². The van der Waals surface area contributed by atoms with Crippen molar-refractivity contribution in [2.45, 2.75) is 161 Å². The molecule has 0 aliphatic carbocycles. The van der Waals surface area contributed by atoms with Crippen molar-refractivity contribution in [1.29, 1.82) is 0 Å². The van der Waals surface area contributed by atoms with Crippen molar-refractivity contribution in [3.05, 3.63) is 85.1 Å². The average Bonchev–Trinajstić information content (AvgIpc) is 3.18. The Morgan fingerprint density at radius 2 is 1.16 bits per heavy atom. The smallest absolute Gasteiger partial charge is 0.462 e. The van der Waals surface area contributed by atoms with Crippen molar-refractivity contribution >= 4 is 19.8 Å². The number of ether oxygens (including phenoxy) is 2.